The summed E-state index contributed by atoms with van der Waals surface area (Å²) in [5.41, 5.74) is 0.752. The van der Waals surface area contributed by atoms with Crippen LogP contribution in [0.3, 0.4) is 0 Å². The topological polar surface area (TPSA) is 64.0 Å². The van der Waals surface area contributed by atoms with E-state index < -0.39 is 9.84 Å². The maximum absolute atomic E-state index is 11.5. The lowest BCUT2D eigenvalue weighted by Crippen LogP contribution is -2.42. The molecule has 1 aliphatic rings. The highest BCUT2D eigenvalue weighted by atomic mass is 32.2. The Morgan fingerprint density at radius 2 is 2.16 bits per heavy atom. The summed E-state index contributed by atoms with van der Waals surface area (Å²) in [6, 6.07) is 0. The van der Waals surface area contributed by atoms with E-state index in [0.717, 1.165) is 5.56 Å². The average molecular weight is 285 g/mol. The second-order valence-electron chi connectivity index (χ2n) is 6.72. The van der Waals surface area contributed by atoms with E-state index in [0.29, 0.717) is 13.0 Å². The predicted octanol–water partition coefficient (Wildman–Crippen LogP) is 1.30. The van der Waals surface area contributed by atoms with Crippen LogP contribution in [0.1, 0.15) is 39.7 Å². The van der Waals surface area contributed by atoms with Crippen molar-refractivity contribution in [3.05, 3.63) is 18.0 Å². The Morgan fingerprint density at radius 1 is 1.47 bits per heavy atom. The summed E-state index contributed by atoms with van der Waals surface area (Å²) in [4.78, 5) is 0. The molecule has 2 heterocycles. The van der Waals surface area contributed by atoms with Crippen molar-refractivity contribution >= 4 is 9.84 Å². The van der Waals surface area contributed by atoms with Crippen molar-refractivity contribution in [2.24, 2.45) is 0 Å². The fourth-order valence-electron chi connectivity index (χ4n) is 2.28. The summed E-state index contributed by atoms with van der Waals surface area (Å²) in [6.07, 6.45) is 4.54. The second-order valence-corrected chi connectivity index (χ2v) is 8.90. The van der Waals surface area contributed by atoms with Crippen molar-refractivity contribution in [1.29, 1.82) is 0 Å². The van der Waals surface area contributed by atoms with Gasteiger partial charge in [0.25, 0.3) is 0 Å². The van der Waals surface area contributed by atoms with Crippen LogP contribution < -0.4 is 5.32 Å². The van der Waals surface area contributed by atoms with Gasteiger partial charge in [0.2, 0.25) is 0 Å². The van der Waals surface area contributed by atoms with Crippen molar-refractivity contribution in [2.75, 3.05) is 11.5 Å². The zero-order valence-corrected chi connectivity index (χ0v) is 12.9. The van der Waals surface area contributed by atoms with Crippen LogP contribution in [0.25, 0.3) is 0 Å². The minimum atomic E-state index is -2.86. The molecule has 0 radical (unpaired) electrons. The number of aromatic nitrogens is 2. The van der Waals surface area contributed by atoms with Crippen LogP contribution in [0.5, 0.6) is 0 Å². The lowest BCUT2D eigenvalue weighted by atomic mass is 10.0. The highest BCUT2D eigenvalue weighted by Crippen LogP contribution is 2.23. The number of rotatable bonds is 3. The van der Waals surface area contributed by atoms with Gasteiger partial charge in [-0.15, -0.1) is 0 Å². The third kappa shape index (κ3) is 3.57. The van der Waals surface area contributed by atoms with Gasteiger partial charge in [-0.05, 0) is 34.1 Å². The second kappa shape index (κ2) is 4.59. The molecule has 19 heavy (non-hydrogen) atoms. The van der Waals surface area contributed by atoms with Gasteiger partial charge >= 0.3 is 0 Å². The van der Waals surface area contributed by atoms with Crippen molar-refractivity contribution in [2.45, 2.75) is 51.7 Å². The molecule has 6 heteroatoms. The first-order valence-corrected chi connectivity index (χ1v) is 8.41. The van der Waals surface area contributed by atoms with Crippen molar-refractivity contribution in [1.82, 2.24) is 15.1 Å². The van der Waals surface area contributed by atoms with Crippen molar-refractivity contribution < 1.29 is 8.42 Å². The zero-order chi connectivity index (χ0) is 14.3. The first-order valence-electron chi connectivity index (χ1n) is 6.59. The fraction of sp³-hybridized carbons (Fsp3) is 0.769. The summed E-state index contributed by atoms with van der Waals surface area (Å²) in [6.45, 7) is 8.93. The normalized spacial score (nSPS) is 26.7. The van der Waals surface area contributed by atoms with E-state index in [1.807, 2.05) is 24.0 Å². The first-order chi connectivity index (χ1) is 8.60. The minimum Gasteiger partial charge on any atom is -0.306 e. The Kier molecular flexibility index (Phi) is 3.51. The van der Waals surface area contributed by atoms with E-state index in [1.54, 1.807) is 0 Å². The highest BCUT2D eigenvalue weighted by molar-refractivity contribution is 7.91. The van der Waals surface area contributed by atoms with Gasteiger partial charge in [0.05, 0.1) is 23.2 Å². The molecule has 0 spiro atoms. The Hall–Kier alpha value is -0.880. The summed E-state index contributed by atoms with van der Waals surface area (Å²) in [7, 11) is -2.86. The molecule has 0 bridgehead atoms. The van der Waals surface area contributed by atoms with E-state index in [4.69, 9.17) is 0 Å². The fourth-order valence-corrected chi connectivity index (χ4v) is 4.41. The van der Waals surface area contributed by atoms with Gasteiger partial charge in [0.15, 0.2) is 9.84 Å². The average Bonchev–Trinajstić information content (AvgIpc) is 2.80. The smallest absolute Gasteiger partial charge is 0.152 e. The van der Waals surface area contributed by atoms with Crippen LogP contribution in [-0.4, -0.2) is 35.2 Å². The molecule has 1 aromatic rings. The quantitative estimate of drug-likeness (QED) is 0.909. The van der Waals surface area contributed by atoms with Gasteiger partial charge in [0.1, 0.15) is 0 Å². The molecule has 0 aromatic carbocycles. The molecule has 108 valence electrons. The van der Waals surface area contributed by atoms with Crippen LogP contribution in [0.4, 0.5) is 0 Å². The molecule has 1 saturated heterocycles. The number of hydrogen-bond donors (Lipinski definition) is 1. The van der Waals surface area contributed by atoms with E-state index in [-0.39, 0.29) is 22.6 Å². The maximum atomic E-state index is 11.5. The third-order valence-corrected chi connectivity index (χ3v) is 5.45. The molecule has 1 unspecified atom stereocenters. The Bertz CT molecular complexity index is 557. The summed E-state index contributed by atoms with van der Waals surface area (Å²) >= 11 is 0. The molecule has 1 fully saturated rings. The molecule has 0 saturated carbocycles. The predicted molar refractivity (Wildman–Crippen MR) is 75.7 cm³/mol. The molecule has 0 aliphatic carbocycles. The zero-order valence-electron chi connectivity index (χ0n) is 12.1. The molecular formula is C13H23N3O2S. The SMILES string of the molecule is CC1(NCc2cnn(C(C)(C)C)c2)CCS(=O)(=O)C1. The molecule has 1 atom stereocenters. The Labute approximate surface area is 115 Å². The third-order valence-electron chi connectivity index (χ3n) is 3.55. The lowest BCUT2D eigenvalue weighted by molar-refractivity contribution is 0.354. The van der Waals surface area contributed by atoms with Crippen molar-refractivity contribution in [3.63, 3.8) is 0 Å². The van der Waals surface area contributed by atoms with Crippen molar-refractivity contribution in [3.8, 4) is 0 Å². The van der Waals surface area contributed by atoms with Gasteiger partial charge in [-0.1, -0.05) is 0 Å². The Balaban J connectivity index is 1.98. The molecule has 0 amide bonds. The van der Waals surface area contributed by atoms with Crippen LogP contribution in [0.15, 0.2) is 12.4 Å². The molecule has 1 aromatic heterocycles. The summed E-state index contributed by atoms with van der Waals surface area (Å²) in [5, 5.41) is 7.70. The molecule has 2 rings (SSSR count). The Morgan fingerprint density at radius 3 is 2.63 bits per heavy atom. The largest absolute Gasteiger partial charge is 0.306 e. The van der Waals surface area contributed by atoms with Gasteiger partial charge in [0, 0.05) is 23.8 Å². The molecule has 5 nitrogen and oxygen atoms in total. The van der Waals surface area contributed by atoms with Gasteiger partial charge < -0.3 is 5.32 Å². The van der Waals surface area contributed by atoms with E-state index in [2.05, 4.69) is 31.2 Å². The number of nitrogens with zero attached hydrogens (tertiary/aromatic N) is 2. The minimum absolute atomic E-state index is 0.0289. The number of sulfone groups is 1. The van der Waals surface area contributed by atoms with Crippen LogP contribution in [0.2, 0.25) is 0 Å². The summed E-state index contributed by atoms with van der Waals surface area (Å²) in [5.74, 6) is 0.519. The van der Waals surface area contributed by atoms with Crippen LogP contribution >= 0.6 is 0 Å². The standard InChI is InChI=1S/C13H23N3O2S/c1-12(2,3)16-9-11(8-15-16)7-14-13(4)5-6-19(17,18)10-13/h8-9,14H,5-7,10H2,1-4H3. The number of nitrogens with one attached hydrogen (secondary N) is 1. The van der Waals surface area contributed by atoms with Crippen LogP contribution in [0, 0.1) is 0 Å². The maximum Gasteiger partial charge on any atom is 0.152 e. The van der Waals surface area contributed by atoms with Crippen LogP contribution in [-0.2, 0) is 21.9 Å². The molecule has 1 aliphatic heterocycles. The highest BCUT2D eigenvalue weighted by Gasteiger charge is 2.37. The monoisotopic (exact) mass is 285 g/mol. The first kappa shape index (κ1) is 14.5. The van der Waals surface area contributed by atoms with Gasteiger partial charge in [-0.3, -0.25) is 4.68 Å². The molecule has 1 N–H and O–H groups in total. The van der Waals surface area contributed by atoms with Gasteiger partial charge in [-0.25, -0.2) is 8.42 Å². The molecular weight excluding hydrogens is 262 g/mol. The number of hydrogen-bond acceptors (Lipinski definition) is 4. The van der Waals surface area contributed by atoms with E-state index in [9.17, 15) is 8.42 Å². The van der Waals surface area contributed by atoms with E-state index in [1.165, 1.54) is 0 Å². The summed E-state index contributed by atoms with van der Waals surface area (Å²) < 4.78 is 25.0. The lowest BCUT2D eigenvalue weighted by Gasteiger charge is -2.23. The van der Waals surface area contributed by atoms with E-state index >= 15 is 0 Å². The van der Waals surface area contributed by atoms with Gasteiger partial charge in [-0.2, -0.15) is 5.10 Å².